The van der Waals surface area contributed by atoms with Crippen LogP contribution in [0.25, 0.3) is 0 Å². The van der Waals surface area contributed by atoms with Crippen molar-refractivity contribution in [2.75, 3.05) is 0 Å². The summed E-state index contributed by atoms with van der Waals surface area (Å²) in [5.41, 5.74) is 0. The van der Waals surface area contributed by atoms with E-state index < -0.39 is 0 Å². The van der Waals surface area contributed by atoms with E-state index in [2.05, 4.69) is 0 Å². The van der Waals surface area contributed by atoms with Crippen LogP contribution in [0.4, 0.5) is 0 Å². The van der Waals surface area contributed by atoms with Gasteiger partial charge in [-0.2, -0.15) is 0 Å². The SMILES string of the molecule is [Ce].[H-].[H-].[La].[Mg+2].[Re]. The first-order valence-corrected chi connectivity index (χ1v) is 0. The fourth-order valence-corrected chi connectivity index (χ4v) is 0. The average molecular weight is 492 g/mol. The van der Waals surface area contributed by atoms with Gasteiger partial charge in [-0.3, -0.25) is 0 Å². The standard InChI is InChI=1S/Ce.La.Mg.Re.2H/q;;+2;;2*-1. The van der Waals surface area contributed by atoms with Crippen molar-refractivity contribution in [3.63, 3.8) is 0 Å². The van der Waals surface area contributed by atoms with Crippen LogP contribution in [0, 0.1) is 77.3 Å². The minimum absolute atomic E-state index is 0. The van der Waals surface area contributed by atoms with Crippen LogP contribution in [0.3, 0.4) is 0 Å². The third-order valence-electron chi connectivity index (χ3n) is 0. The summed E-state index contributed by atoms with van der Waals surface area (Å²) in [5, 5.41) is 0. The van der Waals surface area contributed by atoms with Crippen molar-refractivity contribution in [3.8, 4) is 0 Å². The van der Waals surface area contributed by atoms with Crippen molar-refractivity contribution in [2.24, 2.45) is 0 Å². The maximum Gasteiger partial charge on any atom is 2.00 e. The molecule has 18 valence electrons. The Hall–Kier alpha value is 4.00. The zero-order chi connectivity index (χ0) is 0. The predicted octanol–water partition coefficient (Wildman–Crippen LogP) is -0.158. The second-order valence-electron chi connectivity index (χ2n) is 0. The van der Waals surface area contributed by atoms with Crippen molar-refractivity contribution >= 4 is 23.1 Å². The van der Waals surface area contributed by atoms with Gasteiger partial charge in [-0.15, -0.1) is 0 Å². The minimum Gasteiger partial charge on any atom is -1.00 e. The van der Waals surface area contributed by atoms with Crippen LogP contribution >= 0.6 is 0 Å². The van der Waals surface area contributed by atoms with Gasteiger partial charge in [-0.1, -0.05) is 0 Å². The maximum atomic E-state index is 0. The molecule has 0 bridgehead atoms. The first-order valence-electron chi connectivity index (χ1n) is 0. The Morgan fingerprint density at radius 1 is 1.25 bits per heavy atom. The molecule has 0 aromatic carbocycles. The topological polar surface area (TPSA) is 0 Å². The molecule has 0 unspecified atom stereocenters. The van der Waals surface area contributed by atoms with Crippen LogP contribution in [0.1, 0.15) is 2.85 Å². The van der Waals surface area contributed by atoms with Gasteiger partial charge in [0.05, 0.1) is 0 Å². The van der Waals surface area contributed by atoms with Gasteiger partial charge in [0.15, 0.2) is 0 Å². The van der Waals surface area contributed by atoms with Gasteiger partial charge in [0.25, 0.3) is 0 Å². The molecule has 0 aromatic rings. The van der Waals surface area contributed by atoms with E-state index in [9.17, 15) is 0 Å². The third-order valence-corrected chi connectivity index (χ3v) is 0. The first-order chi connectivity index (χ1) is 0. The Morgan fingerprint density at radius 3 is 1.25 bits per heavy atom. The van der Waals surface area contributed by atoms with Crippen molar-refractivity contribution in [3.05, 3.63) is 0 Å². The van der Waals surface area contributed by atoms with Crippen LogP contribution in [0.15, 0.2) is 0 Å². The molecule has 0 saturated heterocycles. The van der Waals surface area contributed by atoms with Crippen LogP contribution in [-0.2, 0) is 20.4 Å². The Labute approximate surface area is 120 Å². The Balaban J connectivity index is 0. The molecule has 0 spiro atoms. The Morgan fingerprint density at radius 2 is 1.25 bits per heavy atom. The molecule has 0 heterocycles. The van der Waals surface area contributed by atoms with Gasteiger partial charge in [0.1, 0.15) is 0 Å². The predicted molar refractivity (Wildman–Crippen MR) is 7.98 cm³/mol. The summed E-state index contributed by atoms with van der Waals surface area (Å²) in [4.78, 5) is 0. The normalized spacial score (nSPS) is 0. The number of rotatable bonds is 0. The molecule has 0 aliphatic rings. The van der Waals surface area contributed by atoms with E-state index in [1.807, 2.05) is 0 Å². The molecule has 2 radical (unpaired) electrons. The Kier molecular flexibility index (Phi) is 96.5. The van der Waals surface area contributed by atoms with Gasteiger partial charge < -0.3 is 2.85 Å². The molecular formula is H2CeLaMgRe. The minimum atomic E-state index is 0. The molecule has 0 aromatic heterocycles. The van der Waals surface area contributed by atoms with Crippen molar-refractivity contribution in [1.82, 2.24) is 0 Å². The van der Waals surface area contributed by atoms with Crippen molar-refractivity contribution < 1.29 is 101 Å². The largest absolute Gasteiger partial charge is 2.00 e. The fourth-order valence-electron chi connectivity index (χ4n) is 0. The van der Waals surface area contributed by atoms with Crippen LogP contribution in [-0.4, -0.2) is 23.1 Å². The quantitative estimate of drug-likeness (QED) is 0.414. The van der Waals surface area contributed by atoms with Gasteiger partial charge >= 0.3 is 23.1 Å². The number of hydrogen-bond acceptors (Lipinski definition) is 0. The summed E-state index contributed by atoms with van der Waals surface area (Å²) in [6, 6.07) is 0. The second kappa shape index (κ2) is 15.8. The molecular weight excluding hydrogens is 490 g/mol. The van der Waals surface area contributed by atoms with E-state index in [4.69, 9.17) is 0 Å². The van der Waals surface area contributed by atoms with E-state index in [1.165, 1.54) is 0 Å². The third kappa shape index (κ3) is 9.38. The molecule has 0 nitrogen and oxygen atoms in total. The molecule has 0 amide bonds. The zero-order valence-corrected chi connectivity index (χ0v) is 13.1. The summed E-state index contributed by atoms with van der Waals surface area (Å²) in [7, 11) is 0. The van der Waals surface area contributed by atoms with Crippen LogP contribution in [0.2, 0.25) is 0 Å². The molecule has 0 N–H and O–H groups in total. The Bertz CT molecular complexity index is 13.5. The monoisotopic (exact) mass is 492 g/mol. The fraction of sp³-hybridized carbons (Fsp3) is 0. The van der Waals surface area contributed by atoms with E-state index in [-0.39, 0.29) is 124 Å². The molecule has 4 heavy (non-hydrogen) atoms. The average Bonchev–Trinajstić information content (AvgIpc) is 0. The summed E-state index contributed by atoms with van der Waals surface area (Å²) < 4.78 is 0. The van der Waals surface area contributed by atoms with E-state index in [0.29, 0.717) is 0 Å². The number of hydrogen-bond donors (Lipinski definition) is 0. The van der Waals surface area contributed by atoms with Gasteiger partial charge in [0, 0.05) is 97.8 Å². The van der Waals surface area contributed by atoms with E-state index in [0.717, 1.165) is 0 Å². The first kappa shape index (κ1) is 24.5. The molecule has 0 fully saturated rings. The van der Waals surface area contributed by atoms with E-state index >= 15 is 0 Å². The van der Waals surface area contributed by atoms with Gasteiger partial charge in [-0.25, -0.2) is 0 Å². The van der Waals surface area contributed by atoms with Gasteiger partial charge in [-0.05, 0) is 0 Å². The summed E-state index contributed by atoms with van der Waals surface area (Å²) in [5.74, 6) is 0. The second-order valence-corrected chi connectivity index (χ2v) is 0. The summed E-state index contributed by atoms with van der Waals surface area (Å²) in [6.07, 6.45) is 0. The maximum absolute atomic E-state index is 0. The van der Waals surface area contributed by atoms with Gasteiger partial charge in [0.2, 0.25) is 0 Å². The smallest absolute Gasteiger partial charge is 1.00 e. The molecule has 0 saturated carbocycles. The summed E-state index contributed by atoms with van der Waals surface area (Å²) >= 11 is 0. The molecule has 0 atom stereocenters. The van der Waals surface area contributed by atoms with Crippen LogP contribution in [0.5, 0.6) is 0 Å². The van der Waals surface area contributed by atoms with Crippen LogP contribution < -0.4 is 0 Å². The summed E-state index contributed by atoms with van der Waals surface area (Å²) in [6.45, 7) is 0. The molecule has 0 rings (SSSR count). The zero-order valence-electron chi connectivity index (χ0n) is 4.16. The molecule has 4 heteroatoms. The van der Waals surface area contributed by atoms with E-state index in [1.54, 1.807) is 0 Å². The van der Waals surface area contributed by atoms with Crippen molar-refractivity contribution in [2.45, 2.75) is 0 Å². The molecule has 0 aliphatic heterocycles. The molecule has 0 aliphatic carbocycles. The van der Waals surface area contributed by atoms with Crippen molar-refractivity contribution in [1.29, 1.82) is 0 Å².